The first-order chi connectivity index (χ1) is 5.59. The summed E-state index contributed by atoms with van der Waals surface area (Å²) in [6.45, 7) is 4.33. The van der Waals surface area contributed by atoms with E-state index in [1.54, 1.807) is 6.33 Å². The van der Waals surface area contributed by atoms with Crippen LogP contribution < -0.4 is 0 Å². The molecule has 0 fully saturated rings. The first-order valence-electron chi connectivity index (χ1n) is 4.21. The first-order valence-corrected chi connectivity index (χ1v) is 4.65. The van der Waals surface area contributed by atoms with Crippen LogP contribution in [0.25, 0.3) is 0 Å². The highest BCUT2D eigenvalue weighted by Crippen LogP contribution is 2.25. The highest BCUT2D eigenvalue weighted by atomic mass is 35.5. The molecular weight excluding hydrogens is 172 g/mol. The van der Waals surface area contributed by atoms with E-state index in [9.17, 15) is 0 Å². The van der Waals surface area contributed by atoms with Crippen LogP contribution in [-0.4, -0.2) is 9.55 Å². The standard InChI is InChI=1S/C9H15ClN2/c1-7(2)4-8(10)9-5-12(3)6-11-9/h5-8H,4H2,1-3H3. The highest BCUT2D eigenvalue weighted by molar-refractivity contribution is 6.20. The van der Waals surface area contributed by atoms with Gasteiger partial charge in [0.2, 0.25) is 0 Å². The molecule has 3 heteroatoms. The van der Waals surface area contributed by atoms with Gasteiger partial charge in [0.15, 0.2) is 0 Å². The average molecular weight is 187 g/mol. The van der Waals surface area contributed by atoms with Gasteiger partial charge >= 0.3 is 0 Å². The summed E-state index contributed by atoms with van der Waals surface area (Å²) in [5.74, 6) is 0.620. The van der Waals surface area contributed by atoms with E-state index in [1.165, 1.54) is 0 Å². The van der Waals surface area contributed by atoms with Crippen molar-refractivity contribution in [2.24, 2.45) is 13.0 Å². The van der Waals surface area contributed by atoms with Crippen molar-refractivity contribution >= 4 is 11.6 Å². The largest absolute Gasteiger partial charge is 0.340 e. The van der Waals surface area contributed by atoms with Crippen molar-refractivity contribution in [1.82, 2.24) is 9.55 Å². The zero-order valence-electron chi connectivity index (χ0n) is 7.79. The third-order valence-electron chi connectivity index (χ3n) is 1.72. The summed E-state index contributed by atoms with van der Waals surface area (Å²) in [5, 5.41) is 0.0613. The zero-order chi connectivity index (χ0) is 9.14. The molecule has 0 aromatic carbocycles. The fourth-order valence-electron chi connectivity index (χ4n) is 1.13. The van der Waals surface area contributed by atoms with Crippen LogP contribution in [0.4, 0.5) is 0 Å². The molecule has 0 amide bonds. The lowest BCUT2D eigenvalue weighted by atomic mass is 10.1. The molecule has 0 aliphatic rings. The summed E-state index contributed by atoms with van der Waals surface area (Å²) in [4.78, 5) is 4.20. The monoisotopic (exact) mass is 186 g/mol. The summed E-state index contributed by atoms with van der Waals surface area (Å²) in [6.07, 6.45) is 4.74. The smallest absolute Gasteiger partial charge is 0.0947 e. The summed E-state index contributed by atoms with van der Waals surface area (Å²) in [5.41, 5.74) is 0.980. The molecule has 0 bridgehead atoms. The predicted molar refractivity (Wildman–Crippen MR) is 51.3 cm³/mol. The summed E-state index contributed by atoms with van der Waals surface area (Å²) >= 11 is 6.14. The van der Waals surface area contributed by atoms with Gasteiger partial charge in [-0.25, -0.2) is 4.98 Å². The Morgan fingerprint density at radius 3 is 2.67 bits per heavy atom. The lowest BCUT2D eigenvalue weighted by Gasteiger charge is -2.08. The van der Waals surface area contributed by atoms with Crippen molar-refractivity contribution in [3.05, 3.63) is 18.2 Å². The van der Waals surface area contributed by atoms with Gasteiger partial charge in [-0.2, -0.15) is 0 Å². The van der Waals surface area contributed by atoms with E-state index in [1.807, 2.05) is 17.8 Å². The summed E-state index contributed by atoms with van der Waals surface area (Å²) < 4.78 is 1.92. The molecule has 0 saturated carbocycles. The number of rotatable bonds is 3. The minimum absolute atomic E-state index is 0.0613. The van der Waals surface area contributed by atoms with Crippen molar-refractivity contribution in [1.29, 1.82) is 0 Å². The number of imidazole rings is 1. The molecule has 68 valence electrons. The Hall–Kier alpha value is -0.500. The van der Waals surface area contributed by atoms with Crippen LogP contribution in [-0.2, 0) is 7.05 Å². The van der Waals surface area contributed by atoms with Crippen LogP contribution in [0.1, 0.15) is 31.3 Å². The van der Waals surface area contributed by atoms with Crippen LogP contribution in [0, 0.1) is 5.92 Å². The minimum atomic E-state index is 0.0613. The third kappa shape index (κ3) is 2.52. The molecule has 1 aromatic rings. The Morgan fingerprint density at radius 1 is 1.58 bits per heavy atom. The van der Waals surface area contributed by atoms with Gasteiger partial charge in [-0.15, -0.1) is 11.6 Å². The second-order valence-electron chi connectivity index (χ2n) is 3.56. The van der Waals surface area contributed by atoms with Gasteiger partial charge in [0.1, 0.15) is 0 Å². The zero-order valence-corrected chi connectivity index (χ0v) is 8.54. The molecule has 1 rings (SSSR count). The Balaban J connectivity index is 2.58. The quantitative estimate of drug-likeness (QED) is 0.664. The van der Waals surface area contributed by atoms with Gasteiger partial charge in [-0.05, 0) is 12.3 Å². The van der Waals surface area contributed by atoms with Gasteiger partial charge in [-0.3, -0.25) is 0 Å². The molecule has 0 aliphatic heterocycles. The van der Waals surface area contributed by atoms with Crippen molar-refractivity contribution in [2.75, 3.05) is 0 Å². The Morgan fingerprint density at radius 2 is 2.25 bits per heavy atom. The predicted octanol–water partition coefficient (Wildman–Crippen LogP) is 2.75. The number of nitrogens with zero attached hydrogens (tertiary/aromatic N) is 2. The molecule has 1 unspecified atom stereocenters. The summed E-state index contributed by atoms with van der Waals surface area (Å²) in [6, 6.07) is 0. The van der Waals surface area contributed by atoms with Gasteiger partial charge in [0.25, 0.3) is 0 Å². The number of hydrogen-bond donors (Lipinski definition) is 0. The highest BCUT2D eigenvalue weighted by Gasteiger charge is 2.11. The lowest BCUT2D eigenvalue weighted by molar-refractivity contribution is 0.570. The Kier molecular flexibility index (Phi) is 3.15. The van der Waals surface area contributed by atoms with Gasteiger partial charge in [0.05, 0.1) is 17.4 Å². The SMILES string of the molecule is CC(C)CC(Cl)c1cn(C)cn1. The maximum Gasteiger partial charge on any atom is 0.0947 e. The van der Waals surface area contributed by atoms with E-state index < -0.39 is 0 Å². The van der Waals surface area contributed by atoms with Crippen LogP contribution in [0.15, 0.2) is 12.5 Å². The van der Waals surface area contributed by atoms with Crippen LogP contribution in [0.3, 0.4) is 0 Å². The number of aryl methyl sites for hydroxylation is 1. The average Bonchev–Trinajstić information content (AvgIpc) is 2.34. The van der Waals surface area contributed by atoms with E-state index in [0.29, 0.717) is 5.92 Å². The second-order valence-corrected chi connectivity index (χ2v) is 4.09. The first kappa shape index (κ1) is 9.59. The van der Waals surface area contributed by atoms with Crippen molar-refractivity contribution < 1.29 is 0 Å². The van der Waals surface area contributed by atoms with Crippen molar-refractivity contribution in [3.8, 4) is 0 Å². The number of aromatic nitrogens is 2. The van der Waals surface area contributed by atoms with Crippen LogP contribution in [0.5, 0.6) is 0 Å². The van der Waals surface area contributed by atoms with E-state index in [2.05, 4.69) is 18.8 Å². The Bertz CT molecular complexity index is 242. The third-order valence-corrected chi connectivity index (χ3v) is 2.13. The fourth-order valence-corrected chi connectivity index (χ4v) is 1.60. The number of alkyl halides is 1. The van der Waals surface area contributed by atoms with Crippen molar-refractivity contribution in [3.63, 3.8) is 0 Å². The molecule has 0 spiro atoms. The normalized spacial score (nSPS) is 13.8. The molecule has 0 N–H and O–H groups in total. The molecule has 0 saturated heterocycles. The molecule has 2 nitrogen and oxygen atoms in total. The number of hydrogen-bond acceptors (Lipinski definition) is 1. The van der Waals surface area contributed by atoms with E-state index in [4.69, 9.17) is 11.6 Å². The van der Waals surface area contributed by atoms with E-state index in [0.717, 1.165) is 12.1 Å². The van der Waals surface area contributed by atoms with Crippen molar-refractivity contribution in [2.45, 2.75) is 25.6 Å². The van der Waals surface area contributed by atoms with E-state index >= 15 is 0 Å². The molecule has 12 heavy (non-hydrogen) atoms. The maximum atomic E-state index is 6.14. The van der Waals surface area contributed by atoms with Crippen LogP contribution in [0.2, 0.25) is 0 Å². The lowest BCUT2D eigenvalue weighted by Crippen LogP contribution is -1.96. The molecule has 1 heterocycles. The summed E-state index contributed by atoms with van der Waals surface area (Å²) in [7, 11) is 1.95. The minimum Gasteiger partial charge on any atom is -0.340 e. The topological polar surface area (TPSA) is 17.8 Å². The molecular formula is C9H15ClN2. The van der Waals surface area contributed by atoms with Gasteiger partial charge in [-0.1, -0.05) is 13.8 Å². The van der Waals surface area contributed by atoms with Gasteiger partial charge < -0.3 is 4.57 Å². The van der Waals surface area contributed by atoms with Crippen LogP contribution >= 0.6 is 11.6 Å². The van der Waals surface area contributed by atoms with Gasteiger partial charge in [0, 0.05) is 13.2 Å². The molecule has 1 atom stereocenters. The molecule has 0 aliphatic carbocycles. The second kappa shape index (κ2) is 3.94. The molecule has 0 radical (unpaired) electrons. The number of halogens is 1. The van der Waals surface area contributed by atoms with E-state index in [-0.39, 0.29) is 5.38 Å². The molecule has 1 aromatic heterocycles. The maximum absolute atomic E-state index is 6.14. The Labute approximate surface area is 78.6 Å². The fraction of sp³-hybridized carbons (Fsp3) is 0.667.